The second-order valence-corrected chi connectivity index (χ2v) is 11.7. The van der Waals surface area contributed by atoms with Crippen molar-refractivity contribution >= 4 is 33.1 Å². The number of sulfonamides is 1. The number of aryl methyl sites for hydroxylation is 2. The van der Waals surface area contributed by atoms with Gasteiger partial charge < -0.3 is 9.80 Å². The molecule has 0 fully saturated rings. The highest BCUT2D eigenvalue weighted by Crippen LogP contribution is 2.31. The molecule has 4 rings (SSSR count). The first-order valence-corrected chi connectivity index (χ1v) is 14.3. The van der Waals surface area contributed by atoms with E-state index >= 15 is 0 Å². The van der Waals surface area contributed by atoms with Gasteiger partial charge in [0, 0.05) is 45.0 Å². The molecule has 194 valence electrons. The number of nitrogens with zero attached hydrogens (tertiary/aromatic N) is 6. The lowest BCUT2D eigenvalue weighted by atomic mass is 10.0. The van der Waals surface area contributed by atoms with Crippen LogP contribution in [0.15, 0.2) is 30.5 Å². The molecular weight excluding hydrogens is 476 g/mol. The van der Waals surface area contributed by atoms with E-state index in [0.29, 0.717) is 30.6 Å². The van der Waals surface area contributed by atoms with Gasteiger partial charge in [-0.15, -0.1) is 0 Å². The first-order chi connectivity index (χ1) is 17.0. The molecule has 1 aliphatic heterocycles. The monoisotopic (exact) mass is 512 g/mol. The Labute approximate surface area is 213 Å². The maximum absolute atomic E-state index is 13.9. The fourth-order valence-electron chi connectivity index (χ4n) is 5.05. The fourth-order valence-corrected chi connectivity index (χ4v) is 6.03. The molecule has 1 atom stereocenters. The Morgan fingerprint density at radius 1 is 1.06 bits per heavy atom. The first kappa shape index (κ1) is 25.9. The number of anilines is 2. The highest BCUT2D eigenvalue weighted by atomic mass is 32.2. The fraction of sp³-hybridized carbons (Fsp3) is 0.500. The number of amides is 1. The molecule has 36 heavy (non-hydrogen) atoms. The molecule has 1 aliphatic rings. The number of fused-ring (bicyclic) bond motifs is 2. The van der Waals surface area contributed by atoms with Gasteiger partial charge in [0.15, 0.2) is 5.65 Å². The predicted molar refractivity (Wildman–Crippen MR) is 143 cm³/mol. The summed E-state index contributed by atoms with van der Waals surface area (Å²) in [7, 11) is 0.218. The zero-order valence-corrected chi connectivity index (χ0v) is 22.8. The Morgan fingerprint density at radius 3 is 2.47 bits per heavy atom. The summed E-state index contributed by atoms with van der Waals surface area (Å²) in [5.74, 6) is 0.737. The van der Waals surface area contributed by atoms with Gasteiger partial charge in [0.2, 0.25) is 10.0 Å². The van der Waals surface area contributed by atoms with Gasteiger partial charge >= 0.3 is 0 Å². The summed E-state index contributed by atoms with van der Waals surface area (Å²) >= 11 is 0. The highest BCUT2D eigenvalue weighted by Gasteiger charge is 2.29. The number of benzene rings is 1. The summed E-state index contributed by atoms with van der Waals surface area (Å²) in [6.45, 7) is 7.07. The van der Waals surface area contributed by atoms with E-state index in [1.54, 1.807) is 24.1 Å². The van der Waals surface area contributed by atoms with E-state index in [9.17, 15) is 13.2 Å². The van der Waals surface area contributed by atoms with Crippen LogP contribution in [0, 0.1) is 13.8 Å². The number of aromatic nitrogens is 3. The topological polar surface area (TPSA) is 91.1 Å². The van der Waals surface area contributed by atoms with Crippen LogP contribution >= 0.6 is 0 Å². The van der Waals surface area contributed by atoms with Gasteiger partial charge in [-0.25, -0.2) is 13.4 Å². The summed E-state index contributed by atoms with van der Waals surface area (Å²) < 4.78 is 28.9. The largest absolute Gasteiger partial charge is 0.359 e. The molecule has 0 aliphatic carbocycles. The summed E-state index contributed by atoms with van der Waals surface area (Å²) in [5, 5.41) is 4.91. The van der Waals surface area contributed by atoms with Gasteiger partial charge in [-0.05, 0) is 51.7 Å². The number of rotatable bonds is 2. The van der Waals surface area contributed by atoms with Gasteiger partial charge in [-0.3, -0.25) is 9.10 Å². The third-order valence-electron chi connectivity index (χ3n) is 6.94. The normalized spacial score (nSPS) is 18.2. The summed E-state index contributed by atoms with van der Waals surface area (Å²) in [6.07, 6.45) is 6.14. The van der Waals surface area contributed by atoms with Gasteiger partial charge in [-0.2, -0.15) is 9.61 Å². The molecule has 0 spiro atoms. The second-order valence-electron chi connectivity index (χ2n) is 9.78. The average Bonchev–Trinajstić information content (AvgIpc) is 3.23. The molecule has 0 radical (unpaired) electrons. The number of carbonyl (C=O) groups is 1. The zero-order valence-electron chi connectivity index (χ0n) is 22.0. The van der Waals surface area contributed by atoms with Crippen molar-refractivity contribution in [1.82, 2.24) is 19.5 Å². The minimum absolute atomic E-state index is 0.236. The van der Waals surface area contributed by atoms with Gasteiger partial charge in [-0.1, -0.05) is 18.6 Å². The Hall–Kier alpha value is -3.14. The Bertz CT molecular complexity index is 1380. The minimum atomic E-state index is -3.58. The Morgan fingerprint density at radius 2 is 1.78 bits per heavy atom. The van der Waals surface area contributed by atoms with E-state index in [1.165, 1.54) is 10.6 Å². The zero-order chi connectivity index (χ0) is 26.2. The smallest absolute Gasteiger partial charge is 0.256 e. The Balaban J connectivity index is 1.88. The summed E-state index contributed by atoms with van der Waals surface area (Å²) in [4.78, 5) is 22.3. The van der Waals surface area contributed by atoms with Crippen molar-refractivity contribution in [2.75, 3.05) is 42.6 Å². The van der Waals surface area contributed by atoms with Crippen LogP contribution in [-0.4, -0.2) is 67.3 Å². The third kappa shape index (κ3) is 4.91. The van der Waals surface area contributed by atoms with Gasteiger partial charge in [0.25, 0.3) is 5.91 Å². The number of hydrogen-bond donors (Lipinski definition) is 0. The molecule has 0 saturated heterocycles. The first-order valence-electron chi connectivity index (χ1n) is 12.4. The maximum Gasteiger partial charge on any atom is 0.256 e. The van der Waals surface area contributed by atoms with E-state index in [-0.39, 0.29) is 11.9 Å². The predicted octanol–water partition coefficient (Wildman–Crippen LogP) is 3.96. The molecule has 0 saturated carbocycles. The molecule has 3 aromatic rings. The lowest BCUT2D eigenvalue weighted by molar-refractivity contribution is 0.0723. The maximum atomic E-state index is 13.9. The SMILES string of the molecule is CC[C@H]1c2cc3ncc(C)c(n3n2)N(C)CCCCCN(S(C)(=O)=O)c2ccc(C)cc2C(=O)N1C. The summed E-state index contributed by atoms with van der Waals surface area (Å²) in [6, 6.07) is 7.02. The summed E-state index contributed by atoms with van der Waals surface area (Å²) in [5.41, 5.74) is 4.21. The van der Waals surface area contributed by atoms with Gasteiger partial charge in [0.1, 0.15) is 5.82 Å². The molecule has 10 heteroatoms. The molecule has 2 bridgehead atoms. The molecule has 3 heterocycles. The second kappa shape index (κ2) is 10.1. The lowest BCUT2D eigenvalue weighted by Crippen LogP contribution is -2.36. The highest BCUT2D eigenvalue weighted by molar-refractivity contribution is 7.92. The average molecular weight is 513 g/mol. The van der Waals surface area contributed by atoms with Crippen molar-refractivity contribution in [3.8, 4) is 0 Å². The van der Waals surface area contributed by atoms with Crippen molar-refractivity contribution in [1.29, 1.82) is 0 Å². The van der Waals surface area contributed by atoms with Crippen LogP contribution in [0.1, 0.15) is 65.8 Å². The van der Waals surface area contributed by atoms with Crippen molar-refractivity contribution in [2.45, 2.75) is 52.5 Å². The van der Waals surface area contributed by atoms with Crippen molar-refractivity contribution < 1.29 is 13.2 Å². The van der Waals surface area contributed by atoms with Crippen LogP contribution in [0.25, 0.3) is 5.65 Å². The molecule has 0 unspecified atom stereocenters. The van der Waals surface area contributed by atoms with Crippen LogP contribution in [0.2, 0.25) is 0 Å². The van der Waals surface area contributed by atoms with E-state index in [1.807, 2.05) is 50.7 Å². The van der Waals surface area contributed by atoms with Crippen LogP contribution in [0.5, 0.6) is 0 Å². The molecule has 9 nitrogen and oxygen atoms in total. The number of hydrogen-bond acceptors (Lipinski definition) is 6. The van der Waals surface area contributed by atoms with E-state index in [2.05, 4.69) is 9.88 Å². The molecule has 2 aromatic heterocycles. The van der Waals surface area contributed by atoms with E-state index in [0.717, 1.165) is 47.7 Å². The molecule has 0 N–H and O–H groups in total. The standard InChI is InChI=1S/C26H36N6O3S/c1-7-22-21-16-24-27-17-19(3)25(32(24)28-21)29(4)13-9-8-10-14-31(36(6,34)35)23-12-11-18(2)15-20(23)26(33)30(22)5/h11-12,15-17,22H,7-10,13-14H2,1-6H3/t22-/m0/s1. The van der Waals surface area contributed by atoms with Crippen LogP contribution in [0.4, 0.5) is 11.5 Å². The minimum Gasteiger partial charge on any atom is -0.359 e. The molecule has 1 amide bonds. The lowest BCUT2D eigenvalue weighted by Gasteiger charge is -2.30. The van der Waals surface area contributed by atoms with Crippen molar-refractivity contribution in [3.05, 3.63) is 52.8 Å². The molecular formula is C26H36N6O3S. The van der Waals surface area contributed by atoms with Crippen molar-refractivity contribution in [3.63, 3.8) is 0 Å². The quantitative estimate of drug-likeness (QED) is 0.516. The Kier molecular flexibility index (Phi) is 7.26. The van der Waals surface area contributed by atoms with Crippen LogP contribution < -0.4 is 9.21 Å². The van der Waals surface area contributed by atoms with Crippen LogP contribution in [0.3, 0.4) is 0 Å². The third-order valence-corrected chi connectivity index (χ3v) is 8.12. The van der Waals surface area contributed by atoms with E-state index < -0.39 is 10.0 Å². The number of carbonyl (C=O) groups excluding carboxylic acids is 1. The van der Waals surface area contributed by atoms with Gasteiger partial charge in [0.05, 0.1) is 29.2 Å². The van der Waals surface area contributed by atoms with E-state index in [4.69, 9.17) is 5.10 Å². The molecule has 1 aromatic carbocycles. The van der Waals surface area contributed by atoms with Crippen LogP contribution in [-0.2, 0) is 10.0 Å². The van der Waals surface area contributed by atoms with Crippen molar-refractivity contribution in [2.24, 2.45) is 0 Å².